The van der Waals surface area contributed by atoms with Crippen LogP contribution < -0.4 is 5.32 Å². The Labute approximate surface area is 103 Å². The maximum atomic E-state index is 3.55. The molecule has 1 heterocycles. The van der Waals surface area contributed by atoms with Gasteiger partial charge in [0.15, 0.2) is 0 Å². The molecule has 17 heavy (non-hydrogen) atoms. The normalized spacial score (nSPS) is 15.6. The van der Waals surface area contributed by atoms with Crippen LogP contribution in [0.1, 0.15) is 18.4 Å². The first-order valence-corrected chi connectivity index (χ1v) is 6.60. The van der Waals surface area contributed by atoms with Gasteiger partial charge in [0.05, 0.1) is 0 Å². The Morgan fingerprint density at radius 2 is 2.12 bits per heavy atom. The van der Waals surface area contributed by atoms with Gasteiger partial charge in [0, 0.05) is 30.2 Å². The SMILES string of the molecule is Cc1cn(CCNCC2CC2)c2ccccc12. The summed E-state index contributed by atoms with van der Waals surface area (Å²) in [5.41, 5.74) is 2.74. The molecule has 0 aliphatic heterocycles. The fraction of sp³-hybridized carbons (Fsp3) is 0.467. The van der Waals surface area contributed by atoms with Crippen molar-refractivity contribution in [3.63, 3.8) is 0 Å². The summed E-state index contributed by atoms with van der Waals surface area (Å²) in [5.74, 6) is 0.971. The Kier molecular flexibility index (Phi) is 2.89. The third-order valence-electron chi connectivity index (χ3n) is 3.65. The van der Waals surface area contributed by atoms with Gasteiger partial charge in [-0.2, -0.15) is 0 Å². The summed E-state index contributed by atoms with van der Waals surface area (Å²) < 4.78 is 2.37. The Bertz CT molecular complexity index is 509. The van der Waals surface area contributed by atoms with E-state index in [2.05, 4.69) is 47.3 Å². The summed E-state index contributed by atoms with van der Waals surface area (Å²) >= 11 is 0. The van der Waals surface area contributed by atoms with Gasteiger partial charge in [-0.1, -0.05) is 18.2 Å². The molecular weight excluding hydrogens is 208 g/mol. The number of benzene rings is 1. The van der Waals surface area contributed by atoms with E-state index < -0.39 is 0 Å². The smallest absolute Gasteiger partial charge is 0.0483 e. The molecule has 2 heteroatoms. The molecule has 1 aromatic carbocycles. The molecule has 0 radical (unpaired) electrons. The number of rotatable bonds is 5. The zero-order valence-corrected chi connectivity index (χ0v) is 10.4. The first-order valence-electron chi connectivity index (χ1n) is 6.60. The highest BCUT2D eigenvalue weighted by Gasteiger charge is 2.19. The lowest BCUT2D eigenvalue weighted by atomic mass is 10.2. The van der Waals surface area contributed by atoms with Crippen molar-refractivity contribution < 1.29 is 0 Å². The predicted octanol–water partition coefficient (Wildman–Crippen LogP) is 2.95. The highest BCUT2D eigenvalue weighted by Crippen LogP contribution is 2.27. The molecule has 1 saturated carbocycles. The molecule has 0 unspecified atom stereocenters. The molecular formula is C15H20N2. The van der Waals surface area contributed by atoms with Crippen molar-refractivity contribution in [2.45, 2.75) is 26.3 Å². The summed E-state index contributed by atoms with van der Waals surface area (Å²) in [7, 11) is 0. The molecule has 2 aromatic rings. The van der Waals surface area contributed by atoms with E-state index in [0.717, 1.165) is 19.0 Å². The minimum absolute atomic E-state index is 0.971. The van der Waals surface area contributed by atoms with E-state index >= 15 is 0 Å². The molecule has 1 N–H and O–H groups in total. The van der Waals surface area contributed by atoms with E-state index in [1.165, 1.54) is 35.9 Å². The van der Waals surface area contributed by atoms with Crippen molar-refractivity contribution in [3.05, 3.63) is 36.0 Å². The third kappa shape index (κ3) is 2.37. The fourth-order valence-electron chi connectivity index (χ4n) is 2.44. The van der Waals surface area contributed by atoms with Crippen molar-refractivity contribution in [2.24, 2.45) is 5.92 Å². The second-order valence-electron chi connectivity index (χ2n) is 5.17. The van der Waals surface area contributed by atoms with Crippen molar-refractivity contribution in [2.75, 3.05) is 13.1 Å². The number of nitrogens with zero attached hydrogens (tertiary/aromatic N) is 1. The number of aryl methyl sites for hydroxylation is 1. The molecule has 90 valence electrons. The molecule has 1 aliphatic carbocycles. The fourth-order valence-corrected chi connectivity index (χ4v) is 2.44. The van der Waals surface area contributed by atoms with Crippen molar-refractivity contribution in [1.82, 2.24) is 9.88 Å². The first-order chi connectivity index (χ1) is 8.34. The topological polar surface area (TPSA) is 17.0 Å². The zero-order valence-electron chi connectivity index (χ0n) is 10.4. The van der Waals surface area contributed by atoms with E-state index in [0.29, 0.717) is 0 Å². The van der Waals surface area contributed by atoms with Gasteiger partial charge in [-0.25, -0.2) is 0 Å². The molecule has 0 amide bonds. The molecule has 1 aromatic heterocycles. The average molecular weight is 228 g/mol. The summed E-state index contributed by atoms with van der Waals surface area (Å²) in [5, 5.41) is 4.93. The summed E-state index contributed by atoms with van der Waals surface area (Å²) in [6, 6.07) is 8.66. The summed E-state index contributed by atoms with van der Waals surface area (Å²) in [6.07, 6.45) is 5.13. The number of aromatic nitrogens is 1. The Hall–Kier alpha value is -1.28. The van der Waals surface area contributed by atoms with Crippen LogP contribution in [0.2, 0.25) is 0 Å². The maximum absolute atomic E-state index is 3.55. The van der Waals surface area contributed by atoms with Crippen molar-refractivity contribution >= 4 is 10.9 Å². The lowest BCUT2D eigenvalue weighted by Gasteiger charge is -2.06. The van der Waals surface area contributed by atoms with Crippen LogP contribution in [0.4, 0.5) is 0 Å². The number of nitrogens with one attached hydrogen (secondary N) is 1. The van der Waals surface area contributed by atoms with Crippen LogP contribution >= 0.6 is 0 Å². The number of hydrogen-bond donors (Lipinski definition) is 1. The van der Waals surface area contributed by atoms with Crippen LogP contribution in [0.15, 0.2) is 30.5 Å². The minimum Gasteiger partial charge on any atom is -0.346 e. The molecule has 0 spiro atoms. The zero-order chi connectivity index (χ0) is 11.7. The number of para-hydroxylation sites is 1. The summed E-state index contributed by atoms with van der Waals surface area (Å²) in [6.45, 7) is 5.55. The van der Waals surface area contributed by atoms with Gasteiger partial charge in [-0.3, -0.25) is 0 Å². The van der Waals surface area contributed by atoms with E-state index in [-0.39, 0.29) is 0 Å². The van der Waals surface area contributed by atoms with Crippen molar-refractivity contribution in [3.8, 4) is 0 Å². The Balaban J connectivity index is 1.67. The monoisotopic (exact) mass is 228 g/mol. The second-order valence-corrected chi connectivity index (χ2v) is 5.17. The van der Waals surface area contributed by atoms with E-state index in [4.69, 9.17) is 0 Å². The first kappa shape index (κ1) is 10.8. The van der Waals surface area contributed by atoms with Crippen LogP contribution in [0.3, 0.4) is 0 Å². The second kappa shape index (κ2) is 4.53. The maximum Gasteiger partial charge on any atom is 0.0483 e. The van der Waals surface area contributed by atoms with Crippen molar-refractivity contribution in [1.29, 1.82) is 0 Å². The van der Waals surface area contributed by atoms with Gasteiger partial charge >= 0.3 is 0 Å². The van der Waals surface area contributed by atoms with Crippen LogP contribution in [0.25, 0.3) is 10.9 Å². The summed E-state index contributed by atoms with van der Waals surface area (Å²) in [4.78, 5) is 0. The molecule has 0 bridgehead atoms. The highest BCUT2D eigenvalue weighted by atomic mass is 15.0. The standard InChI is InChI=1S/C15H20N2/c1-12-11-17(9-8-16-10-13-6-7-13)15-5-3-2-4-14(12)15/h2-5,11,13,16H,6-10H2,1H3. The van der Waals surface area contributed by atoms with Crippen LogP contribution in [0, 0.1) is 12.8 Å². The highest BCUT2D eigenvalue weighted by molar-refractivity contribution is 5.83. The van der Waals surface area contributed by atoms with E-state index in [9.17, 15) is 0 Å². The van der Waals surface area contributed by atoms with Crippen LogP contribution in [-0.2, 0) is 6.54 Å². The third-order valence-corrected chi connectivity index (χ3v) is 3.65. The Morgan fingerprint density at radius 3 is 2.94 bits per heavy atom. The Morgan fingerprint density at radius 1 is 1.29 bits per heavy atom. The quantitative estimate of drug-likeness (QED) is 0.779. The van der Waals surface area contributed by atoms with Crippen LogP contribution in [-0.4, -0.2) is 17.7 Å². The van der Waals surface area contributed by atoms with Gasteiger partial charge < -0.3 is 9.88 Å². The average Bonchev–Trinajstić information content (AvgIpc) is 3.12. The van der Waals surface area contributed by atoms with Gasteiger partial charge in [0.25, 0.3) is 0 Å². The number of hydrogen-bond acceptors (Lipinski definition) is 1. The van der Waals surface area contributed by atoms with Gasteiger partial charge in [0.1, 0.15) is 0 Å². The molecule has 1 fully saturated rings. The van der Waals surface area contributed by atoms with E-state index in [1.54, 1.807) is 0 Å². The van der Waals surface area contributed by atoms with E-state index in [1.807, 2.05) is 0 Å². The lowest BCUT2D eigenvalue weighted by Crippen LogP contribution is -2.21. The van der Waals surface area contributed by atoms with Gasteiger partial charge in [-0.15, -0.1) is 0 Å². The molecule has 2 nitrogen and oxygen atoms in total. The molecule has 3 rings (SSSR count). The van der Waals surface area contributed by atoms with Crippen LogP contribution in [0.5, 0.6) is 0 Å². The minimum atomic E-state index is 0.971. The largest absolute Gasteiger partial charge is 0.346 e. The lowest BCUT2D eigenvalue weighted by molar-refractivity contribution is 0.584. The predicted molar refractivity (Wildman–Crippen MR) is 72.3 cm³/mol. The molecule has 0 atom stereocenters. The van der Waals surface area contributed by atoms with Gasteiger partial charge in [0.2, 0.25) is 0 Å². The number of fused-ring (bicyclic) bond motifs is 1. The van der Waals surface area contributed by atoms with Gasteiger partial charge in [-0.05, 0) is 43.9 Å². The molecule has 1 aliphatic rings. The molecule has 0 saturated heterocycles.